The van der Waals surface area contributed by atoms with Crippen LogP contribution in [0.3, 0.4) is 0 Å². The average molecular weight is 275 g/mol. The van der Waals surface area contributed by atoms with Gasteiger partial charge in [-0.2, -0.15) is 0 Å². The molecule has 110 valence electrons. The Morgan fingerprint density at radius 1 is 1.45 bits per heavy atom. The number of carbonyl (C=O) groups excluding carboxylic acids is 1. The van der Waals surface area contributed by atoms with Crippen molar-refractivity contribution in [3.8, 4) is 0 Å². The van der Waals surface area contributed by atoms with Crippen molar-refractivity contribution >= 4 is 17.3 Å². The highest BCUT2D eigenvalue weighted by molar-refractivity contribution is 5.95. The van der Waals surface area contributed by atoms with Crippen LogP contribution < -0.4 is 11.1 Å². The van der Waals surface area contributed by atoms with Crippen LogP contribution in [0.2, 0.25) is 0 Å². The van der Waals surface area contributed by atoms with Crippen molar-refractivity contribution in [2.75, 3.05) is 25.1 Å². The standard InChI is InChI=1S/C16H25N3O/c1-4-13(9-11-5-6-11)18-15-10-12(7-8-14(15)17)16(20)19(2)3/h7-8,10-11,13,18H,4-6,9,17H2,1-3H3. The third-order valence-electron chi connectivity index (χ3n) is 3.87. The van der Waals surface area contributed by atoms with Crippen LogP contribution in [-0.4, -0.2) is 30.9 Å². The van der Waals surface area contributed by atoms with E-state index in [2.05, 4.69) is 12.2 Å². The lowest BCUT2D eigenvalue weighted by atomic mass is 10.1. The first-order valence-corrected chi connectivity index (χ1v) is 7.39. The van der Waals surface area contributed by atoms with E-state index in [9.17, 15) is 4.79 Å². The number of nitrogens with zero attached hydrogens (tertiary/aromatic N) is 1. The summed E-state index contributed by atoms with van der Waals surface area (Å²) in [6, 6.07) is 5.90. The van der Waals surface area contributed by atoms with Crippen LogP contribution in [-0.2, 0) is 0 Å². The highest BCUT2D eigenvalue weighted by Gasteiger charge is 2.25. The zero-order valence-electron chi connectivity index (χ0n) is 12.6. The highest BCUT2D eigenvalue weighted by atomic mass is 16.2. The Labute approximate surface area is 121 Å². The van der Waals surface area contributed by atoms with E-state index in [0.717, 1.165) is 18.0 Å². The maximum atomic E-state index is 12.0. The first-order chi connectivity index (χ1) is 9.51. The topological polar surface area (TPSA) is 58.4 Å². The molecule has 3 N–H and O–H groups in total. The van der Waals surface area contributed by atoms with Gasteiger partial charge in [-0.1, -0.05) is 19.8 Å². The van der Waals surface area contributed by atoms with Crippen LogP contribution in [0.4, 0.5) is 11.4 Å². The van der Waals surface area contributed by atoms with Gasteiger partial charge >= 0.3 is 0 Å². The van der Waals surface area contributed by atoms with E-state index in [1.807, 2.05) is 12.1 Å². The molecule has 2 rings (SSSR count). The molecule has 0 aliphatic heterocycles. The Morgan fingerprint density at radius 3 is 2.70 bits per heavy atom. The van der Waals surface area contributed by atoms with Gasteiger partial charge in [0.25, 0.3) is 5.91 Å². The number of rotatable bonds is 6. The third-order valence-corrected chi connectivity index (χ3v) is 3.87. The van der Waals surface area contributed by atoms with Crippen molar-refractivity contribution in [1.29, 1.82) is 0 Å². The fourth-order valence-corrected chi connectivity index (χ4v) is 2.38. The summed E-state index contributed by atoms with van der Waals surface area (Å²) in [5, 5.41) is 3.51. The van der Waals surface area contributed by atoms with Crippen LogP contribution in [0.1, 0.15) is 43.0 Å². The third kappa shape index (κ3) is 3.65. The summed E-state index contributed by atoms with van der Waals surface area (Å²) in [7, 11) is 3.52. The smallest absolute Gasteiger partial charge is 0.253 e. The van der Waals surface area contributed by atoms with Crippen LogP contribution in [0.25, 0.3) is 0 Å². The van der Waals surface area contributed by atoms with Gasteiger partial charge in [-0.15, -0.1) is 0 Å². The monoisotopic (exact) mass is 275 g/mol. The summed E-state index contributed by atoms with van der Waals surface area (Å²) < 4.78 is 0. The minimum Gasteiger partial charge on any atom is -0.397 e. The minimum atomic E-state index is 0.00305. The number of carbonyl (C=O) groups is 1. The Bertz CT molecular complexity index is 481. The van der Waals surface area contributed by atoms with Crippen molar-refractivity contribution in [1.82, 2.24) is 4.90 Å². The molecule has 1 aromatic carbocycles. The van der Waals surface area contributed by atoms with Crippen LogP contribution in [0.5, 0.6) is 0 Å². The Hall–Kier alpha value is -1.71. The normalized spacial score (nSPS) is 15.8. The Morgan fingerprint density at radius 2 is 2.15 bits per heavy atom. The second-order valence-electron chi connectivity index (χ2n) is 5.93. The maximum Gasteiger partial charge on any atom is 0.253 e. The first kappa shape index (κ1) is 14.7. The Kier molecular flexibility index (Phi) is 4.53. The molecule has 0 spiro atoms. The predicted molar refractivity (Wildman–Crippen MR) is 83.9 cm³/mol. The molecule has 0 saturated heterocycles. The second kappa shape index (κ2) is 6.16. The number of amides is 1. The van der Waals surface area contributed by atoms with Gasteiger partial charge in [0.1, 0.15) is 0 Å². The zero-order valence-corrected chi connectivity index (χ0v) is 12.6. The molecule has 1 aliphatic carbocycles. The quantitative estimate of drug-likeness (QED) is 0.785. The molecular weight excluding hydrogens is 250 g/mol. The first-order valence-electron chi connectivity index (χ1n) is 7.39. The molecule has 1 amide bonds. The highest BCUT2D eigenvalue weighted by Crippen LogP contribution is 2.35. The fourth-order valence-electron chi connectivity index (χ4n) is 2.38. The summed E-state index contributed by atoms with van der Waals surface area (Å²) in [5.41, 5.74) is 8.28. The molecule has 0 bridgehead atoms. The molecule has 0 heterocycles. The maximum absolute atomic E-state index is 12.0. The fraction of sp³-hybridized carbons (Fsp3) is 0.562. The molecule has 1 aliphatic rings. The molecule has 1 unspecified atom stereocenters. The summed E-state index contributed by atoms with van der Waals surface area (Å²) >= 11 is 0. The number of anilines is 2. The van der Waals surface area contributed by atoms with Gasteiger partial charge in [0, 0.05) is 25.7 Å². The Balaban J connectivity index is 2.12. The van der Waals surface area contributed by atoms with Gasteiger partial charge in [0.05, 0.1) is 11.4 Å². The SMILES string of the molecule is CCC(CC1CC1)Nc1cc(C(=O)N(C)C)ccc1N. The number of nitrogens with one attached hydrogen (secondary N) is 1. The minimum absolute atomic E-state index is 0.00305. The summed E-state index contributed by atoms with van der Waals surface area (Å²) in [5.74, 6) is 0.878. The largest absolute Gasteiger partial charge is 0.397 e. The predicted octanol–water partition coefficient (Wildman–Crippen LogP) is 2.96. The summed E-state index contributed by atoms with van der Waals surface area (Å²) in [6.45, 7) is 2.19. The van der Waals surface area contributed by atoms with Crippen LogP contribution >= 0.6 is 0 Å². The van der Waals surface area contributed by atoms with Crippen molar-refractivity contribution in [2.45, 2.75) is 38.6 Å². The summed E-state index contributed by atoms with van der Waals surface area (Å²) in [4.78, 5) is 13.6. The van der Waals surface area contributed by atoms with Crippen LogP contribution in [0, 0.1) is 5.92 Å². The molecule has 0 radical (unpaired) electrons. The molecular formula is C16H25N3O. The molecule has 1 saturated carbocycles. The van der Waals surface area contributed by atoms with Gasteiger partial charge in [0.2, 0.25) is 0 Å². The lowest BCUT2D eigenvalue weighted by molar-refractivity contribution is 0.0827. The van der Waals surface area contributed by atoms with Crippen molar-refractivity contribution in [2.24, 2.45) is 5.92 Å². The number of hydrogen-bond donors (Lipinski definition) is 2. The summed E-state index contributed by atoms with van der Waals surface area (Å²) in [6.07, 6.45) is 4.98. The second-order valence-corrected chi connectivity index (χ2v) is 5.93. The van der Waals surface area contributed by atoms with E-state index in [0.29, 0.717) is 17.3 Å². The molecule has 4 nitrogen and oxygen atoms in total. The molecule has 1 aromatic rings. The lowest BCUT2D eigenvalue weighted by Gasteiger charge is -2.20. The van der Waals surface area contributed by atoms with E-state index in [1.165, 1.54) is 19.3 Å². The van der Waals surface area contributed by atoms with E-state index in [4.69, 9.17) is 5.73 Å². The van der Waals surface area contributed by atoms with Crippen molar-refractivity contribution < 1.29 is 4.79 Å². The van der Waals surface area contributed by atoms with E-state index >= 15 is 0 Å². The van der Waals surface area contributed by atoms with Crippen LogP contribution in [0.15, 0.2) is 18.2 Å². The van der Waals surface area contributed by atoms with E-state index in [1.54, 1.807) is 25.1 Å². The lowest BCUT2D eigenvalue weighted by Crippen LogP contribution is -2.23. The van der Waals surface area contributed by atoms with E-state index < -0.39 is 0 Å². The van der Waals surface area contributed by atoms with Gasteiger partial charge < -0.3 is 16.0 Å². The van der Waals surface area contributed by atoms with Crippen molar-refractivity contribution in [3.63, 3.8) is 0 Å². The molecule has 1 atom stereocenters. The molecule has 0 aromatic heterocycles. The van der Waals surface area contributed by atoms with E-state index in [-0.39, 0.29) is 5.91 Å². The van der Waals surface area contributed by atoms with Gasteiger partial charge in [0.15, 0.2) is 0 Å². The van der Waals surface area contributed by atoms with Gasteiger partial charge in [-0.05, 0) is 37.0 Å². The molecule has 1 fully saturated rings. The zero-order chi connectivity index (χ0) is 14.7. The number of benzene rings is 1. The molecule has 20 heavy (non-hydrogen) atoms. The number of hydrogen-bond acceptors (Lipinski definition) is 3. The number of nitrogens with two attached hydrogens (primary N) is 1. The van der Waals surface area contributed by atoms with Gasteiger partial charge in [-0.25, -0.2) is 0 Å². The van der Waals surface area contributed by atoms with Crippen molar-refractivity contribution in [3.05, 3.63) is 23.8 Å². The molecule has 4 heteroatoms. The average Bonchev–Trinajstić information content (AvgIpc) is 3.23. The van der Waals surface area contributed by atoms with Gasteiger partial charge in [-0.3, -0.25) is 4.79 Å². The number of nitrogen functional groups attached to an aromatic ring is 1.